The summed E-state index contributed by atoms with van der Waals surface area (Å²) >= 11 is 0. The number of nitrogens with zero attached hydrogens (tertiary/aromatic N) is 2. The molecule has 18 heavy (non-hydrogen) atoms. The maximum absolute atomic E-state index is 5.61. The first-order chi connectivity index (χ1) is 8.85. The van der Waals surface area contributed by atoms with E-state index in [2.05, 4.69) is 34.4 Å². The third kappa shape index (κ3) is 3.28. The average molecular weight is 248 g/mol. The number of hydrogen-bond acceptors (Lipinski definition) is 4. The summed E-state index contributed by atoms with van der Waals surface area (Å²) in [7, 11) is 2.05. The van der Waals surface area contributed by atoms with E-state index in [1.54, 1.807) is 0 Å². The van der Waals surface area contributed by atoms with Gasteiger partial charge in [-0.3, -0.25) is 4.98 Å². The first kappa shape index (κ1) is 13.5. The second-order valence-electron chi connectivity index (χ2n) is 5.01. The van der Waals surface area contributed by atoms with Gasteiger partial charge in [0.1, 0.15) is 0 Å². The van der Waals surface area contributed by atoms with Crippen LogP contribution in [0.3, 0.4) is 0 Å². The lowest BCUT2D eigenvalue weighted by Crippen LogP contribution is -2.40. The molecule has 100 valence electrons. The lowest BCUT2D eigenvalue weighted by atomic mass is 9.86. The van der Waals surface area contributed by atoms with Crippen LogP contribution >= 0.6 is 0 Å². The first-order valence-electron chi connectivity index (χ1n) is 6.84. The summed E-state index contributed by atoms with van der Waals surface area (Å²) in [4.78, 5) is 6.56. The van der Waals surface area contributed by atoms with Crippen molar-refractivity contribution in [3.63, 3.8) is 0 Å². The van der Waals surface area contributed by atoms with Crippen molar-refractivity contribution < 1.29 is 0 Å². The highest BCUT2D eigenvalue weighted by Crippen LogP contribution is 2.30. The van der Waals surface area contributed by atoms with Crippen LogP contribution in [0, 0.1) is 5.92 Å². The minimum absolute atomic E-state index is 0.452. The van der Waals surface area contributed by atoms with Gasteiger partial charge in [0.2, 0.25) is 0 Å². The van der Waals surface area contributed by atoms with Crippen molar-refractivity contribution in [3.05, 3.63) is 30.1 Å². The molecule has 0 radical (unpaired) electrons. The van der Waals surface area contributed by atoms with Crippen LogP contribution < -0.4 is 11.1 Å². The predicted molar refractivity (Wildman–Crippen MR) is 74.3 cm³/mol. The molecule has 2 heterocycles. The standard InChI is InChI=1S/C14H24N4/c1-16-14(12-2-7-17-8-3-12)13-4-9-18(10-5-13)11-6-15/h2-3,7-8,13-14,16H,4-6,9-11,15H2,1H3. The number of pyridine rings is 1. The fourth-order valence-corrected chi connectivity index (χ4v) is 2.94. The third-order valence-corrected chi connectivity index (χ3v) is 3.93. The number of rotatable bonds is 5. The van der Waals surface area contributed by atoms with Crippen molar-refractivity contribution in [1.29, 1.82) is 0 Å². The van der Waals surface area contributed by atoms with Crippen molar-refractivity contribution in [2.24, 2.45) is 11.7 Å². The number of piperidine rings is 1. The smallest absolute Gasteiger partial charge is 0.0348 e. The van der Waals surface area contributed by atoms with E-state index in [4.69, 9.17) is 5.73 Å². The quantitative estimate of drug-likeness (QED) is 0.816. The fraction of sp³-hybridized carbons (Fsp3) is 0.643. The Balaban J connectivity index is 1.95. The van der Waals surface area contributed by atoms with Gasteiger partial charge in [-0.05, 0) is 56.6 Å². The Morgan fingerprint density at radius 1 is 1.39 bits per heavy atom. The lowest BCUT2D eigenvalue weighted by Gasteiger charge is -2.36. The molecule has 1 atom stereocenters. The van der Waals surface area contributed by atoms with E-state index in [0.717, 1.165) is 13.1 Å². The molecule has 4 nitrogen and oxygen atoms in total. The van der Waals surface area contributed by atoms with Gasteiger partial charge < -0.3 is 16.0 Å². The van der Waals surface area contributed by atoms with Gasteiger partial charge in [-0.2, -0.15) is 0 Å². The maximum Gasteiger partial charge on any atom is 0.0348 e. The van der Waals surface area contributed by atoms with Gasteiger partial charge in [0, 0.05) is 31.5 Å². The van der Waals surface area contributed by atoms with Crippen LogP contribution in [0.1, 0.15) is 24.4 Å². The van der Waals surface area contributed by atoms with Gasteiger partial charge in [-0.25, -0.2) is 0 Å². The lowest BCUT2D eigenvalue weighted by molar-refractivity contribution is 0.164. The molecule has 3 N–H and O–H groups in total. The Morgan fingerprint density at radius 3 is 2.61 bits per heavy atom. The molecule has 1 unspecified atom stereocenters. The molecule has 1 aliphatic heterocycles. The van der Waals surface area contributed by atoms with E-state index in [9.17, 15) is 0 Å². The molecule has 0 amide bonds. The van der Waals surface area contributed by atoms with E-state index >= 15 is 0 Å². The van der Waals surface area contributed by atoms with Gasteiger partial charge in [0.25, 0.3) is 0 Å². The van der Waals surface area contributed by atoms with Crippen molar-refractivity contribution in [2.45, 2.75) is 18.9 Å². The van der Waals surface area contributed by atoms with Crippen molar-refractivity contribution in [2.75, 3.05) is 33.2 Å². The summed E-state index contributed by atoms with van der Waals surface area (Å²) in [6, 6.07) is 4.69. The molecule has 0 spiro atoms. The van der Waals surface area contributed by atoms with E-state index in [1.807, 2.05) is 12.4 Å². The zero-order valence-electron chi connectivity index (χ0n) is 11.2. The van der Waals surface area contributed by atoms with E-state index in [-0.39, 0.29) is 0 Å². The number of likely N-dealkylation sites (tertiary alicyclic amines) is 1. The first-order valence-corrected chi connectivity index (χ1v) is 6.84. The van der Waals surface area contributed by atoms with E-state index in [1.165, 1.54) is 31.5 Å². The fourth-order valence-electron chi connectivity index (χ4n) is 2.94. The SMILES string of the molecule is CNC(c1ccncc1)C1CCN(CCN)CC1. The van der Waals surface area contributed by atoms with Crippen LogP contribution in [0.25, 0.3) is 0 Å². The summed E-state index contributed by atoms with van der Waals surface area (Å²) < 4.78 is 0. The van der Waals surface area contributed by atoms with Gasteiger partial charge in [0.15, 0.2) is 0 Å². The highest BCUT2D eigenvalue weighted by Gasteiger charge is 2.26. The maximum atomic E-state index is 5.61. The number of nitrogens with two attached hydrogens (primary N) is 1. The molecule has 2 rings (SSSR count). The van der Waals surface area contributed by atoms with Crippen LogP contribution in [0.2, 0.25) is 0 Å². The van der Waals surface area contributed by atoms with Crippen molar-refractivity contribution in [3.8, 4) is 0 Å². The Labute approximate surface area is 110 Å². The van der Waals surface area contributed by atoms with Crippen LogP contribution in [0.4, 0.5) is 0 Å². The molecule has 0 saturated carbocycles. The van der Waals surface area contributed by atoms with Crippen LogP contribution in [0.15, 0.2) is 24.5 Å². The Bertz CT molecular complexity index is 333. The predicted octanol–water partition coefficient (Wildman–Crippen LogP) is 1.01. The number of aromatic nitrogens is 1. The van der Waals surface area contributed by atoms with Crippen LogP contribution in [-0.2, 0) is 0 Å². The van der Waals surface area contributed by atoms with E-state index in [0.29, 0.717) is 12.0 Å². The molecule has 0 aromatic carbocycles. The van der Waals surface area contributed by atoms with Crippen molar-refractivity contribution >= 4 is 0 Å². The highest BCUT2D eigenvalue weighted by molar-refractivity contribution is 5.16. The Hall–Kier alpha value is -0.970. The summed E-state index contributed by atoms with van der Waals surface area (Å²) in [5.74, 6) is 0.714. The zero-order valence-corrected chi connectivity index (χ0v) is 11.2. The largest absolute Gasteiger partial charge is 0.329 e. The molecule has 4 heteroatoms. The molecule has 1 aliphatic rings. The Kier molecular flexibility index (Phi) is 5.11. The molecule has 1 aromatic heterocycles. The monoisotopic (exact) mass is 248 g/mol. The summed E-state index contributed by atoms with van der Waals surface area (Å²) in [5.41, 5.74) is 6.96. The zero-order chi connectivity index (χ0) is 12.8. The number of nitrogens with one attached hydrogen (secondary N) is 1. The minimum Gasteiger partial charge on any atom is -0.329 e. The molecule has 1 saturated heterocycles. The molecular weight excluding hydrogens is 224 g/mol. The van der Waals surface area contributed by atoms with Crippen molar-refractivity contribution in [1.82, 2.24) is 15.2 Å². The molecule has 1 aromatic rings. The normalized spacial score (nSPS) is 19.9. The second-order valence-corrected chi connectivity index (χ2v) is 5.01. The minimum atomic E-state index is 0.452. The molecule has 0 bridgehead atoms. The Morgan fingerprint density at radius 2 is 2.06 bits per heavy atom. The second kappa shape index (κ2) is 6.83. The van der Waals surface area contributed by atoms with Crippen LogP contribution in [0.5, 0.6) is 0 Å². The van der Waals surface area contributed by atoms with Gasteiger partial charge >= 0.3 is 0 Å². The third-order valence-electron chi connectivity index (χ3n) is 3.93. The number of hydrogen-bond donors (Lipinski definition) is 2. The molecular formula is C14H24N4. The van der Waals surface area contributed by atoms with E-state index < -0.39 is 0 Å². The topological polar surface area (TPSA) is 54.2 Å². The summed E-state index contributed by atoms with van der Waals surface area (Å²) in [6.45, 7) is 4.15. The van der Waals surface area contributed by atoms with Gasteiger partial charge in [-0.15, -0.1) is 0 Å². The van der Waals surface area contributed by atoms with Gasteiger partial charge in [-0.1, -0.05) is 0 Å². The molecule has 1 fully saturated rings. The summed E-state index contributed by atoms with van der Waals surface area (Å²) in [5, 5.41) is 3.46. The highest BCUT2D eigenvalue weighted by atomic mass is 15.1. The van der Waals surface area contributed by atoms with Crippen LogP contribution in [-0.4, -0.2) is 43.1 Å². The van der Waals surface area contributed by atoms with Gasteiger partial charge in [0.05, 0.1) is 0 Å². The molecule has 0 aliphatic carbocycles. The summed E-state index contributed by atoms with van der Waals surface area (Å²) in [6.07, 6.45) is 6.24. The average Bonchev–Trinajstić information content (AvgIpc) is 2.43.